The first-order valence-electron chi connectivity index (χ1n) is 9.14. The third-order valence-electron chi connectivity index (χ3n) is 4.17. The number of nitrogens with zero attached hydrogens (tertiary/aromatic N) is 1. The van der Waals surface area contributed by atoms with Crippen molar-refractivity contribution in [2.45, 2.75) is 36.9 Å². The first-order chi connectivity index (χ1) is 14.5. The number of alkyl halides is 3. The molecule has 1 unspecified atom stereocenters. The van der Waals surface area contributed by atoms with Crippen molar-refractivity contribution in [1.29, 1.82) is 5.26 Å². The van der Waals surface area contributed by atoms with Crippen molar-refractivity contribution in [1.82, 2.24) is 0 Å². The molecule has 2 aromatic carbocycles. The minimum Gasteiger partial charge on any atom is -0.379 e. The number of anilines is 2. The first-order valence-corrected chi connectivity index (χ1v) is 10.1. The van der Waals surface area contributed by atoms with E-state index < -0.39 is 28.8 Å². The van der Waals surface area contributed by atoms with Crippen LogP contribution in [0.1, 0.15) is 31.4 Å². The molecule has 10 heteroatoms. The topological polar surface area (TPSA) is 102 Å². The van der Waals surface area contributed by atoms with Gasteiger partial charge in [-0.2, -0.15) is 18.4 Å². The molecule has 0 saturated carbocycles. The SMILES string of the molecule is CCC(=O)Nc1ccc(SCC(C)(O)C(=O)Nc2ccc(C#N)c(C(F)(F)F)c2)cc1. The van der Waals surface area contributed by atoms with Gasteiger partial charge in [0, 0.05) is 28.4 Å². The molecule has 0 aliphatic carbocycles. The molecule has 31 heavy (non-hydrogen) atoms. The van der Waals surface area contributed by atoms with Crippen LogP contribution in [0.2, 0.25) is 0 Å². The van der Waals surface area contributed by atoms with Crippen molar-refractivity contribution in [2.75, 3.05) is 16.4 Å². The van der Waals surface area contributed by atoms with E-state index in [4.69, 9.17) is 5.26 Å². The third kappa shape index (κ3) is 6.73. The number of hydrogen-bond acceptors (Lipinski definition) is 5. The highest BCUT2D eigenvalue weighted by molar-refractivity contribution is 7.99. The van der Waals surface area contributed by atoms with Crippen molar-refractivity contribution in [3.05, 3.63) is 53.6 Å². The van der Waals surface area contributed by atoms with E-state index in [1.165, 1.54) is 24.8 Å². The van der Waals surface area contributed by atoms with E-state index in [9.17, 15) is 27.9 Å². The lowest BCUT2D eigenvalue weighted by Gasteiger charge is -2.22. The lowest BCUT2D eigenvalue weighted by molar-refractivity contribution is -0.137. The zero-order valence-electron chi connectivity index (χ0n) is 16.7. The van der Waals surface area contributed by atoms with Crippen molar-refractivity contribution < 1.29 is 27.9 Å². The molecule has 2 rings (SSSR count). The first kappa shape index (κ1) is 24.2. The number of hydrogen-bond donors (Lipinski definition) is 3. The lowest BCUT2D eigenvalue weighted by atomic mass is 10.1. The Bertz CT molecular complexity index is 1000. The van der Waals surface area contributed by atoms with Gasteiger partial charge in [-0.3, -0.25) is 9.59 Å². The number of aliphatic hydroxyl groups is 1. The van der Waals surface area contributed by atoms with E-state index in [0.717, 1.165) is 17.0 Å². The summed E-state index contributed by atoms with van der Waals surface area (Å²) in [5.74, 6) is -1.08. The summed E-state index contributed by atoms with van der Waals surface area (Å²) < 4.78 is 39.2. The molecule has 3 N–H and O–H groups in total. The van der Waals surface area contributed by atoms with Crippen molar-refractivity contribution in [3.8, 4) is 6.07 Å². The van der Waals surface area contributed by atoms with Crippen molar-refractivity contribution in [2.24, 2.45) is 0 Å². The number of amides is 2. The molecule has 6 nitrogen and oxygen atoms in total. The molecule has 2 amide bonds. The molecule has 1 atom stereocenters. The van der Waals surface area contributed by atoms with Gasteiger partial charge in [0.25, 0.3) is 5.91 Å². The van der Waals surface area contributed by atoms with Gasteiger partial charge < -0.3 is 15.7 Å². The van der Waals surface area contributed by atoms with Crippen LogP contribution in [0, 0.1) is 11.3 Å². The lowest BCUT2D eigenvalue weighted by Crippen LogP contribution is -2.42. The number of carbonyl (C=O) groups excluding carboxylic acids is 2. The van der Waals surface area contributed by atoms with Gasteiger partial charge in [-0.15, -0.1) is 11.8 Å². The number of thioether (sulfide) groups is 1. The van der Waals surface area contributed by atoms with Gasteiger partial charge in [-0.25, -0.2) is 0 Å². The number of benzene rings is 2. The summed E-state index contributed by atoms with van der Waals surface area (Å²) in [6, 6.07) is 11.0. The second-order valence-electron chi connectivity index (χ2n) is 6.81. The summed E-state index contributed by atoms with van der Waals surface area (Å²) in [6.07, 6.45) is -4.41. The zero-order valence-corrected chi connectivity index (χ0v) is 17.5. The van der Waals surface area contributed by atoms with Crippen LogP contribution in [0.15, 0.2) is 47.4 Å². The quantitative estimate of drug-likeness (QED) is 0.542. The Morgan fingerprint density at radius 2 is 1.71 bits per heavy atom. The second-order valence-corrected chi connectivity index (χ2v) is 7.86. The number of nitriles is 1. The summed E-state index contributed by atoms with van der Waals surface area (Å²) in [5.41, 5.74) is -3.19. The van der Waals surface area contributed by atoms with Crippen molar-refractivity contribution >= 4 is 35.0 Å². The Balaban J connectivity index is 2.03. The highest BCUT2D eigenvalue weighted by atomic mass is 32.2. The Morgan fingerprint density at radius 3 is 2.26 bits per heavy atom. The number of carbonyl (C=O) groups is 2. The maximum absolute atomic E-state index is 13.1. The van der Waals surface area contributed by atoms with Gasteiger partial charge in [-0.1, -0.05) is 6.92 Å². The second kappa shape index (κ2) is 9.85. The zero-order chi connectivity index (χ0) is 23.2. The fourth-order valence-corrected chi connectivity index (χ4v) is 3.30. The molecule has 0 aliphatic heterocycles. The molecule has 0 radical (unpaired) electrons. The third-order valence-corrected chi connectivity index (χ3v) is 5.48. The minimum atomic E-state index is -4.76. The predicted octanol–water partition coefficient (Wildman–Crippen LogP) is 4.41. The fourth-order valence-electron chi connectivity index (χ4n) is 2.39. The molecule has 0 fully saturated rings. The summed E-state index contributed by atoms with van der Waals surface area (Å²) in [5, 5.41) is 24.3. The van der Waals surface area contributed by atoms with Crippen LogP contribution in [-0.4, -0.2) is 28.3 Å². The van der Waals surface area contributed by atoms with E-state index in [-0.39, 0.29) is 17.3 Å². The van der Waals surface area contributed by atoms with Crippen LogP contribution in [0.25, 0.3) is 0 Å². The van der Waals surface area contributed by atoms with Gasteiger partial charge in [-0.05, 0) is 49.4 Å². The smallest absolute Gasteiger partial charge is 0.379 e. The molecule has 164 valence electrons. The van der Waals surface area contributed by atoms with Crippen LogP contribution in [0.4, 0.5) is 24.5 Å². The Morgan fingerprint density at radius 1 is 1.10 bits per heavy atom. The molecule has 2 aromatic rings. The highest BCUT2D eigenvalue weighted by Gasteiger charge is 2.35. The normalized spacial score (nSPS) is 13.1. The van der Waals surface area contributed by atoms with Crippen LogP contribution in [0.5, 0.6) is 0 Å². The molecular formula is C21H20F3N3O3S. The summed E-state index contributed by atoms with van der Waals surface area (Å²) in [7, 11) is 0. The number of rotatable bonds is 7. The number of halogens is 3. The van der Waals surface area contributed by atoms with Gasteiger partial charge in [0.05, 0.1) is 17.2 Å². The van der Waals surface area contributed by atoms with E-state index in [0.29, 0.717) is 18.2 Å². The van der Waals surface area contributed by atoms with Crippen molar-refractivity contribution in [3.63, 3.8) is 0 Å². The molecule has 0 spiro atoms. The summed E-state index contributed by atoms with van der Waals surface area (Å²) in [6.45, 7) is 2.98. The van der Waals surface area contributed by atoms with E-state index in [2.05, 4.69) is 10.6 Å². The van der Waals surface area contributed by atoms with E-state index >= 15 is 0 Å². The van der Waals surface area contributed by atoms with Gasteiger partial charge in [0.2, 0.25) is 5.91 Å². The number of nitrogens with one attached hydrogen (secondary N) is 2. The molecule has 0 aromatic heterocycles. The van der Waals surface area contributed by atoms with Crippen LogP contribution in [-0.2, 0) is 15.8 Å². The van der Waals surface area contributed by atoms with Crippen LogP contribution >= 0.6 is 11.8 Å². The molecular weight excluding hydrogens is 431 g/mol. The Hall–Kier alpha value is -3.03. The Kier molecular flexibility index (Phi) is 7.70. The minimum absolute atomic E-state index is 0.0676. The highest BCUT2D eigenvalue weighted by Crippen LogP contribution is 2.34. The van der Waals surface area contributed by atoms with Gasteiger partial charge in [0.1, 0.15) is 5.60 Å². The van der Waals surface area contributed by atoms with Crippen LogP contribution in [0.3, 0.4) is 0 Å². The molecule has 0 saturated heterocycles. The molecule has 0 heterocycles. The van der Waals surface area contributed by atoms with Crippen LogP contribution < -0.4 is 10.6 Å². The molecule has 0 bridgehead atoms. The largest absolute Gasteiger partial charge is 0.417 e. The van der Waals surface area contributed by atoms with Gasteiger partial charge >= 0.3 is 6.18 Å². The summed E-state index contributed by atoms with van der Waals surface area (Å²) in [4.78, 5) is 24.5. The average Bonchev–Trinajstić information content (AvgIpc) is 2.72. The average molecular weight is 451 g/mol. The Labute approximate surface area is 181 Å². The van der Waals surface area contributed by atoms with E-state index in [1.54, 1.807) is 31.2 Å². The standard InChI is InChI=1S/C21H20F3N3O3S/c1-3-18(28)26-14-6-8-16(9-7-14)31-12-20(2,30)19(29)27-15-5-4-13(11-25)17(10-15)21(22,23)24/h4-10,30H,3,12H2,1-2H3,(H,26,28)(H,27,29). The van der Waals surface area contributed by atoms with E-state index in [1.807, 2.05) is 0 Å². The predicted molar refractivity (Wildman–Crippen MR) is 111 cm³/mol. The summed E-state index contributed by atoms with van der Waals surface area (Å²) >= 11 is 1.17. The fraction of sp³-hybridized carbons (Fsp3) is 0.286. The molecule has 0 aliphatic rings. The maximum atomic E-state index is 13.1. The van der Waals surface area contributed by atoms with Gasteiger partial charge in [0.15, 0.2) is 0 Å². The monoisotopic (exact) mass is 451 g/mol. The maximum Gasteiger partial charge on any atom is 0.417 e.